The van der Waals surface area contributed by atoms with E-state index in [1.54, 1.807) is 30.5 Å². The van der Waals surface area contributed by atoms with Gasteiger partial charge in [-0.1, -0.05) is 12.1 Å². The molecular formula is C19H17N3O3. The second-order valence-electron chi connectivity index (χ2n) is 5.80. The maximum absolute atomic E-state index is 13.0. The maximum atomic E-state index is 13.0. The van der Waals surface area contributed by atoms with Gasteiger partial charge in [-0.2, -0.15) is 0 Å². The Morgan fingerprint density at radius 3 is 2.28 bits per heavy atom. The van der Waals surface area contributed by atoms with Crippen LogP contribution in [0.4, 0.5) is 0 Å². The predicted molar refractivity (Wildman–Crippen MR) is 96.5 cm³/mol. The number of nitrogens with zero attached hydrogens (tertiary/aromatic N) is 3. The molecule has 0 aromatic heterocycles. The third kappa shape index (κ3) is 2.26. The molecule has 2 heterocycles. The highest BCUT2D eigenvalue weighted by Gasteiger charge is 2.21. The summed E-state index contributed by atoms with van der Waals surface area (Å²) in [6.45, 7) is 2.46. The van der Waals surface area contributed by atoms with Crippen molar-refractivity contribution in [2.75, 3.05) is 6.61 Å². The fourth-order valence-corrected chi connectivity index (χ4v) is 3.14. The summed E-state index contributed by atoms with van der Waals surface area (Å²) < 4.78 is 9.93. The Morgan fingerprint density at radius 2 is 1.60 bits per heavy atom. The van der Waals surface area contributed by atoms with Crippen LogP contribution in [0.15, 0.2) is 64.3 Å². The molecule has 6 nitrogen and oxygen atoms in total. The molecule has 0 unspecified atom stereocenters. The number of aryl methyl sites for hydroxylation is 1. The molecule has 2 aliphatic heterocycles. The summed E-state index contributed by atoms with van der Waals surface area (Å²) in [5.41, 5.74) is 1.74. The number of benzene rings is 2. The van der Waals surface area contributed by atoms with E-state index in [2.05, 4.69) is 0 Å². The summed E-state index contributed by atoms with van der Waals surface area (Å²) in [5.74, 6) is 0.701. The first kappa shape index (κ1) is 15.3. The molecule has 0 saturated heterocycles. The molecule has 6 heteroatoms. The van der Waals surface area contributed by atoms with Gasteiger partial charge in [0.05, 0.1) is 23.3 Å². The molecule has 25 heavy (non-hydrogen) atoms. The van der Waals surface area contributed by atoms with Gasteiger partial charge in [0.15, 0.2) is 0 Å². The molecule has 0 aliphatic carbocycles. The minimum atomic E-state index is -0.374. The minimum absolute atomic E-state index is 0.337. The highest BCUT2D eigenvalue weighted by molar-refractivity contribution is 5.78. The summed E-state index contributed by atoms with van der Waals surface area (Å²) in [6.07, 6.45) is 1.69. The van der Waals surface area contributed by atoms with Crippen molar-refractivity contribution < 1.29 is 4.74 Å². The van der Waals surface area contributed by atoms with Gasteiger partial charge in [0.2, 0.25) is 0 Å². The third-order valence-corrected chi connectivity index (χ3v) is 4.27. The average Bonchev–Trinajstić information content (AvgIpc) is 2.87. The van der Waals surface area contributed by atoms with Crippen molar-refractivity contribution in [2.45, 2.75) is 6.92 Å². The molecule has 2 aliphatic rings. The van der Waals surface area contributed by atoms with Crippen LogP contribution in [-0.4, -0.2) is 20.3 Å². The number of imidazole rings is 1. The fraction of sp³-hybridized carbons (Fsp3) is 0.158. The molecular weight excluding hydrogens is 318 g/mol. The van der Waals surface area contributed by atoms with Gasteiger partial charge in [-0.05, 0) is 43.3 Å². The van der Waals surface area contributed by atoms with Crippen molar-refractivity contribution in [3.63, 3.8) is 0 Å². The molecule has 4 rings (SSSR count). The van der Waals surface area contributed by atoms with E-state index in [1.165, 1.54) is 9.13 Å². The van der Waals surface area contributed by atoms with Crippen LogP contribution in [-0.2, 0) is 7.05 Å². The monoisotopic (exact) mass is 335 g/mol. The zero-order valence-corrected chi connectivity index (χ0v) is 14.0. The average molecular weight is 335 g/mol. The van der Waals surface area contributed by atoms with Crippen molar-refractivity contribution in [3.8, 4) is 17.1 Å². The first-order chi connectivity index (χ1) is 12.1. The fourth-order valence-electron chi connectivity index (χ4n) is 3.14. The molecule has 0 spiro atoms. The van der Waals surface area contributed by atoms with E-state index in [0.717, 1.165) is 5.52 Å². The zero-order valence-electron chi connectivity index (χ0n) is 14.0. The number of hydrogen-bond acceptors (Lipinski definition) is 3. The van der Waals surface area contributed by atoms with Crippen LogP contribution in [0.5, 0.6) is 5.75 Å². The number of fused-ring (bicyclic) bond motifs is 3. The Kier molecular flexibility index (Phi) is 3.46. The van der Waals surface area contributed by atoms with E-state index in [9.17, 15) is 9.59 Å². The molecule has 2 aromatic rings. The van der Waals surface area contributed by atoms with Crippen LogP contribution >= 0.6 is 0 Å². The quantitative estimate of drug-likeness (QED) is 0.577. The van der Waals surface area contributed by atoms with Gasteiger partial charge >= 0.3 is 5.69 Å². The van der Waals surface area contributed by atoms with E-state index < -0.39 is 0 Å². The van der Waals surface area contributed by atoms with Crippen LogP contribution in [0.25, 0.3) is 22.4 Å². The molecule has 126 valence electrons. The Hall–Kier alpha value is -3.28. The van der Waals surface area contributed by atoms with Crippen molar-refractivity contribution >= 4 is 11.0 Å². The Bertz CT molecular complexity index is 1150. The third-order valence-electron chi connectivity index (χ3n) is 4.27. The van der Waals surface area contributed by atoms with Gasteiger partial charge in [-0.3, -0.25) is 9.36 Å². The van der Waals surface area contributed by atoms with Gasteiger partial charge in [-0.25, -0.2) is 9.36 Å². The maximum Gasteiger partial charge on any atom is 0.341 e. The molecule has 0 fully saturated rings. The van der Waals surface area contributed by atoms with Crippen molar-refractivity contribution in [1.29, 1.82) is 0 Å². The molecule has 0 N–H and O–H groups in total. The molecule has 2 aromatic carbocycles. The SMILES string of the molecule is CCOc1ccc(-n2c(=O)c3cn(C)c4ccccc4n-3c2=O)cc1. The lowest BCUT2D eigenvalue weighted by Crippen LogP contribution is -2.25. The van der Waals surface area contributed by atoms with Gasteiger partial charge in [-0.15, -0.1) is 0 Å². The predicted octanol–water partition coefficient (Wildman–Crippen LogP) is 2.32. The lowest BCUT2D eigenvalue weighted by Gasteiger charge is -2.10. The largest absolute Gasteiger partial charge is 0.494 e. The first-order valence-electron chi connectivity index (χ1n) is 8.07. The van der Waals surface area contributed by atoms with Crippen LogP contribution in [0.3, 0.4) is 0 Å². The van der Waals surface area contributed by atoms with Crippen LogP contribution < -0.4 is 16.0 Å². The summed E-state index contributed by atoms with van der Waals surface area (Å²) in [5, 5.41) is 0. The van der Waals surface area contributed by atoms with Gasteiger partial charge in [0, 0.05) is 13.2 Å². The number of hydrogen-bond donors (Lipinski definition) is 0. The summed E-state index contributed by atoms with van der Waals surface area (Å²) in [6, 6.07) is 14.5. The number of rotatable bonds is 3. The van der Waals surface area contributed by atoms with Crippen LogP contribution in [0, 0.1) is 0 Å². The van der Waals surface area contributed by atoms with Crippen LogP contribution in [0.1, 0.15) is 6.92 Å². The number of ether oxygens (including phenoxy) is 1. The lowest BCUT2D eigenvalue weighted by molar-refractivity contribution is 0.340. The second-order valence-corrected chi connectivity index (χ2v) is 5.80. The molecule has 0 radical (unpaired) electrons. The minimum Gasteiger partial charge on any atom is -0.494 e. The van der Waals surface area contributed by atoms with Gasteiger partial charge in [0.1, 0.15) is 11.4 Å². The standard InChI is InChI=1S/C19H17N3O3/c1-3-25-14-10-8-13(9-11-14)21-18(23)17-12-20(2)15-6-4-5-7-16(15)22(17)19(21)24/h4-12H,3H2,1-2H3. The normalized spacial score (nSPS) is 11.3. The molecule has 0 atom stereocenters. The van der Waals surface area contributed by atoms with Gasteiger partial charge in [0.25, 0.3) is 5.56 Å². The molecule has 0 saturated carbocycles. The molecule has 0 amide bonds. The van der Waals surface area contributed by atoms with Gasteiger partial charge < -0.3 is 9.30 Å². The highest BCUT2D eigenvalue weighted by atomic mass is 16.5. The Balaban J connectivity index is 2.03. The summed E-state index contributed by atoms with van der Waals surface area (Å²) >= 11 is 0. The van der Waals surface area contributed by atoms with E-state index in [0.29, 0.717) is 29.2 Å². The highest BCUT2D eigenvalue weighted by Crippen LogP contribution is 2.18. The summed E-state index contributed by atoms with van der Waals surface area (Å²) in [7, 11) is 1.86. The molecule has 0 bridgehead atoms. The second kappa shape index (κ2) is 5.66. The number of aromatic nitrogens is 3. The topological polar surface area (TPSA) is 58.2 Å². The van der Waals surface area contributed by atoms with Crippen molar-refractivity contribution in [1.82, 2.24) is 13.7 Å². The van der Waals surface area contributed by atoms with Crippen molar-refractivity contribution in [3.05, 3.63) is 75.6 Å². The first-order valence-corrected chi connectivity index (χ1v) is 8.07. The lowest BCUT2D eigenvalue weighted by atomic mass is 10.2. The van der Waals surface area contributed by atoms with E-state index >= 15 is 0 Å². The van der Waals surface area contributed by atoms with E-state index in [-0.39, 0.29) is 11.2 Å². The number of para-hydroxylation sites is 2. The smallest absolute Gasteiger partial charge is 0.341 e. The van der Waals surface area contributed by atoms with Crippen molar-refractivity contribution in [2.24, 2.45) is 7.05 Å². The van der Waals surface area contributed by atoms with E-state index in [4.69, 9.17) is 4.74 Å². The Labute approximate surface area is 143 Å². The Morgan fingerprint density at radius 1 is 0.920 bits per heavy atom. The van der Waals surface area contributed by atoms with E-state index in [1.807, 2.05) is 42.8 Å². The summed E-state index contributed by atoms with van der Waals surface area (Å²) in [4.78, 5) is 25.8. The van der Waals surface area contributed by atoms with Crippen LogP contribution in [0.2, 0.25) is 0 Å². The zero-order chi connectivity index (χ0) is 17.6.